The molecule has 0 saturated carbocycles. The molecule has 0 atom stereocenters. The Morgan fingerprint density at radius 3 is 2.52 bits per heavy atom. The quantitative estimate of drug-likeness (QED) is 0.698. The summed E-state index contributed by atoms with van der Waals surface area (Å²) in [5, 5.41) is 5.51. The molecule has 27 heavy (non-hydrogen) atoms. The van der Waals surface area contributed by atoms with E-state index >= 15 is 0 Å². The molecule has 0 aliphatic carbocycles. The summed E-state index contributed by atoms with van der Waals surface area (Å²) < 4.78 is 38.2. The van der Waals surface area contributed by atoms with E-state index in [9.17, 15) is 18.0 Å². The van der Waals surface area contributed by atoms with E-state index < -0.39 is 17.6 Å². The van der Waals surface area contributed by atoms with Gasteiger partial charge in [0.05, 0.1) is 23.4 Å². The average Bonchev–Trinajstić information content (AvgIpc) is 2.67. The van der Waals surface area contributed by atoms with Gasteiger partial charge in [-0.05, 0) is 42.5 Å². The molecule has 5 nitrogen and oxygen atoms in total. The highest BCUT2D eigenvalue weighted by Crippen LogP contribution is 2.30. The van der Waals surface area contributed by atoms with Crippen LogP contribution in [-0.2, 0) is 12.7 Å². The summed E-state index contributed by atoms with van der Waals surface area (Å²) in [4.78, 5) is 20.5. The van der Waals surface area contributed by atoms with Crippen LogP contribution in [0.4, 0.5) is 24.7 Å². The highest BCUT2D eigenvalue weighted by Gasteiger charge is 2.30. The van der Waals surface area contributed by atoms with Crippen molar-refractivity contribution in [2.45, 2.75) is 12.7 Å². The van der Waals surface area contributed by atoms with E-state index in [-0.39, 0.29) is 11.3 Å². The second-order valence-electron chi connectivity index (χ2n) is 5.64. The number of nitrogens with zero attached hydrogens (tertiary/aromatic N) is 2. The predicted molar refractivity (Wildman–Crippen MR) is 95.2 cm³/mol. The minimum Gasteiger partial charge on any atom is -0.364 e. The van der Waals surface area contributed by atoms with Crippen LogP contribution >= 0.6 is 0 Å². The van der Waals surface area contributed by atoms with Crippen molar-refractivity contribution < 1.29 is 18.0 Å². The van der Waals surface area contributed by atoms with E-state index in [1.54, 1.807) is 12.3 Å². The molecule has 2 N–H and O–H groups in total. The zero-order valence-electron chi connectivity index (χ0n) is 14.0. The third-order valence-corrected chi connectivity index (χ3v) is 3.65. The lowest BCUT2D eigenvalue weighted by Gasteiger charge is -2.10. The second-order valence-corrected chi connectivity index (χ2v) is 5.64. The lowest BCUT2D eigenvalue weighted by Crippen LogP contribution is -2.13. The highest BCUT2D eigenvalue weighted by atomic mass is 19.4. The minimum atomic E-state index is -4.47. The number of carbonyl (C=O) groups is 1. The van der Waals surface area contributed by atoms with Crippen molar-refractivity contribution in [3.8, 4) is 0 Å². The topological polar surface area (TPSA) is 66.9 Å². The first-order valence-electron chi connectivity index (χ1n) is 8.00. The maximum Gasteiger partial charge on any atom is 0.416 e. The number of halogens is 3. The van der Waals surface area contributed by atoms with Crippen LogP contribution in [0, 0.1) is 0 Å². The highest BCUT2D eigenvalue weighted by molar-refractivity contribution is 6.04. The lowest BCUT2D eigenvalue weighted by molar-refractivity contribution is -0.137. The third-order valence-electron chi connectivity index (χ3n) is 3.65. The number of aromatic nitrogens is 2. The zero-order chi connectivity index (χ0) is 19.3. The Bertz CT molecular complexity index is 912. The van der Waals surface area contributed by atoms with Gasteiger partial charge in [0.25, 0.3) is 5.91 Å². The molecule has 2 heterocycles. The van der Waals surface area contributed by atoms with Crippen molar-refractivity contribution >= 4 is 17.4 Å². The monoisotopic (exact) mass is 372 g/mol. The molecule has 0 bridgehead atoms. The van der Waals surface area contributed by atoms with E-state index in [0.29, 0.717) is 12.4 Å². The Kier molecular flexibility index (Phi) is 5.35. The molecular weight excluding hydrogens is 357 g/mol. The standard InChI is InChI=1S/C19H15F3N4O/c20-19(21,22)14-4-3-6-15(10-14)26-18(27)13-7-8-17(24-11-13)25-12-16-5-1-2-9-23-16/h1-11H,12H2,(H,24,25)(H,26,27). The van der Waals surface area contributed by atoms with Gasteiger partial charge in [-0.15, -0.1) is 0 Å². The van der Waals surface area contributed by atoms with Crippen LogP contribution in [0.2, 0.25) is 0 Å². The first kappa shape index (κ1) is 18.4. The Morgan fingerprint density at radius 1 is 1.00 bits per heavy atom. The van der Waals surface area contributed by atoms with Gasteiger partial charge in [-0.2, -0.15) is 13.2 Å². The van der Waals surface area contributed by atoms with Crippen molar-refractivity contribution in [1.29, 1.82) is 0 Å². The van der Waals surface area contributed by atoms with Gasteiger partial charge in [-0.3, -0.25) is 9.78 Å². The Morgan fingerprint density at radius 2 is 1.85 bits per heavy atom. The van der Waals surface area contributed by atoms with Gasteiger partial charge in [0.1, 0.15) is 5.82 Å². The first-order chi connectivity index (χ1) is 12.9. The number of hydrogen-bond acceptors (Lipinski definition) is 4. The van der Waals surface area contributed by atoms with Crippen LogP contribution in [-0.4, -0.2) is 15.9 Å². The van der Waals surface area contributed by atoms with Crippen molar-refractivity contribution in [1.82, 2.24) is 9.97 Å². The van der Waals surface area contributed by atoms with Crippen LogP contribution in [0.3, 0.4) is 0 Å². The average molecular weight is 372 g/mol. The number of hydrogen-bond donors (Lipinski definition) is 2. The molecule has 0 aliphatic heterocycles. The van der Waals surface area contributed by atoms with E-state index in [0.717, 1.165) is 17.8 Å². The SMILES string of the molecule is O=C(Nc1cccc(C(F)(F)F)c1)c1ccc(NCc2ccccn2)nc1. The van der Waals surface area contributed by atoms with Gasteiger partial charge in [0.15, 0.2) is 0 Å². The molecule has 0 spiro atoms. The summed E-state index contributed by atoms with van der Waals surface area (Å²) in [5.74, 6) is 0.00868. The predicted octanol–water partition coefficient (Wildman–Crippen LogP) is 4.36. The number of nitrogens with one attached hydrogen (secondary N) is 2. The van der Waals surface area contributed by atoms with Crippen LogP contribution in [0.5, 0.6) is 0 Å². The summed E-state index contributed by atoms with van der Waals surface area (Å²) in [7, 11) is 0. The molecule has 2 aromatic heterocycles. The molecular formula is C19H15F3N4O. The second kappa shape index (κ2) is 7.86. The number of rotatable bonds is 5. The Hall–Kier alpha value is -3.42. The number of benzene rings is 1. The summed E-state index contributed by atoms with van der Waals surface area (Å²) >= 11 is 0. The van der Waals surface area contributed by atoms with Crippen LogP contribution in [0.1, 0.15) is 21.6 Å². The van der Waals surface area contributed by atoms with Crippen molar-refractivity contribution in [3.05, 3.63) is 83.8 Å². The summed E-state index contributed by atoms with van der Waals surface area (Å²) in [6.45, 7) is 0.476. The molecule has 0 aliphatic rings. The zero-order valence-corrected chi connectivity index (χ0v) is 14.0. The smallest absolute Gasteiger partial charge is 0.364 e. The van der Waals surface area contributed by atoms with Crippen molar-refractivity contribution in [2.24, 2.45) is 0 Å². The Labute approximate surface area is 153 Å². The molecule has 3 rings (SSSR count). The molecule has 3 aromatic rings. The number of pyridine rings is 2. The maximum atomic E-state index is 12.7. The summed E-state index contributed by atoms with van der Waals surface area (Å²) in [6.07, 6.45) is -1.43. The normalized spacial score (nSPS) is 11.1. The van der Waals surface area contributed by atoms with Gasteiger partial charge in [-0.25, -0.2) is 4.98 Å². The number of carbonyl (C=O) groups excluding carboxylic acids is 1. The first-order valence-corrected chi connectivity index (χ1v) is 8.00. The number of amides is 1. The molecule has 0 fully saturated rings. The van der Waals surface area contributed by atoms with Gasteiger partial charge in [0.2, 0.25) is 0 Å². The fraction of sp³-hybridized carbons (Fsp3) is 0.105. The fourth-order valence-electron chi connectivity index (χ4n) is 2.29. The molecule has 0 unspecified atom stereocenters. The van der Waals surface area contributed by atoms with E-state index in [1.807, 2.05) is 18.2 Å². The Balaban J connectivity index is 1.62. The largest absolute Gasteiger partial charge is 0.416 e. The molecule has 1 aromatic carbocycles. The van der Waals surface area contributed by atoms with Gasteiger partial charge >= 0.3 is 6.18 Å². The van der Waals surface area contributed by atoms with Crippen LogP contribution in [0.25, 0.3) is 0 Å². The molecule has 8 heteroatoms. The molecule has 138 valence electrons. The van der Waals surface area contributed by atoms with Crippen LogP contribution < -0.4 is 10.6 Å². The van der Waals surface area contributed by atoms with Crippen molar-refractivity contribution in [2.75, 3.05) is 10.6 Å². The van der Waals surface area contributed by atoms with E-state index in [1.165, 1.54) is 24.4 Å². The van der Waals surface area contributed by atoms with Gasteiger partial charge in [-0.1, -0.05) is 12.1 Å². The van der Waals surface area contributed by atoms with E-state index in [4.69, 9.17) is 0 Å². The van der Waals surface area contributed by atoms with Gasteiger partial charge in [0, 0.05) is 18.1 Å². The minimum absolute atomic E-state index is 0.0622. The van der Waals surface area contributed by atoms with Crippen LogP contribution in [0.15, 0.2) is 67.0 Å². The summed E-state index contributed by atoms with van der Waals surface area (Å²) in [5.41, 5.74) is 0.307. The maximum absolute atomic E-state index is 12.7. The third kappa shape index (κ3) is 5.04. The van der Waals surface area contributed by atoms with E-state index in [2.05, 4.69) is 20.6 Å². The number of anilines is 2. The number of alkyl halides is 3. The van der Waals surface area contributed by atoms with Crippen molar-refractivity contribution in [3.63, 3.8) is 0 Å². The molecule has 1 amide bonds. The molecule has 0 saturated heterocycles. The fourth-order valence-corrected chi connectivity index (χ4v) is 2.29. The summed E-state index contributed by atoms with van der Waals surface area (Å²) in [6, 6.07) is 13.2. The van der Waals surface area contributed by atoms with Gasteiger partial charge < -0.3 is 10.6 Å². The lowest BCUT2D eigenvalue weighted by atomic mass is 10.2. The molecule has 0 radical (unpaired) electrons.